The summed E-state index contributed by atoms with van der Waals surface area (Å²) in [5.41, 5.74) is 1.02. The molecular formula is C23H39NO3. The number of unbranched alkanes of at least 4 members (excludes halogenated alkanes) is 1. The van der Waals surface area contributed by atoms with Crippen molar-refractivity contribution in [1.82, 2.24) is 0 Å². The zero-order valence-corrected chi connectivity index (χ0v) is 18.4. The molecule has 0 atom stereocenters. The lowest BCUT2D eigenvalue weighted by Crippen LogP contribution is -2.47. The third-order valence-electron chi connectivity index (χ3n) is 4.50. The van der Waals surface area contributed by atoms with Crippen LogP contribution in [0.25, 0.3) is 0 Å². The standard InChI is InChI=1S/C23H39NO3/c1-8-10-13-26-21-12-11-20(14-19(21)7)24-22(25)23(27-9-2,15-17(3)4)16-18(5)6/h11-12,14,17-18H,8-10,13,15-16H2,1-7H3,(H,24,25). The fraction of sp³-hybridized carbons (Fsp3) is 0.696. The van der Waals surface area contributed by atoms with Crippen molar-refractivity contribution in [2.24, 2.45) is 11.8 Å². The molecule has 4 nitrogen and oxygen atoms in total. The molecule has 0 aliphatic rings. The van der Waals surface area contributed by atoms with Crippen molar-refractivity contribution >= 4 is 11.6 Å². The summed E-state index contributed by atoms with van der Waals surface area (Å²) in [6.07, 6.45) is 3.57. The van der Waals surface area contributed by atoms with Gasteiger partial charge in [0.2, 0.25) is 0 Å². The van der Waals surface area contributed by atoms with E-state index in [2.05, 4.69) is 39.9 Å². The van der Waals surface area contributed by atoms with Gasteiger partial charge in [-0.3, -0.25) is 4.79 Å². The van der Waals surface area contributed by atoms with E-state index < -0.39 is 5.60 Å². The summed E-state index contributed by atoms with van der Waals surface area (Å²) in [4.78, 5) is 13.2. The van der Waals surface area contributed by atoms with Gasteiger partial charge in [0.05, 0.1) is 6.61 Å². The SMILES string of the molecule is CCCCOc1ccc(NC(=O)C(CC(C)C)(CC(C)C)OCC)cc1C. The molecule has 0 aliphatic heterocycles. The van der Waals surface area contributed by atoms with Crippen LogP contribution in [0.3, 0.4) is 0 Å². The van der Waals surface area contributed by atoms with E-state index in [1.165, 1.54) is 0 Å². The van der Waals surface area contributed by atoms with Crippen molar-refractivity contribution in [2.45, 2.75) is 79.8 Å². The van der Waals surface area contributed by atoms with Crippen molar-refractivity contribution in [3.63, 3.8) is 0 Å². The first kappa shape index (κ1) is 23.5. The van der Waals surface area contributed by atoms with E-state index in [9.17, 15) is 4.79 Å². The summed E-state index contributed by atoms with van der Waals surface area (Å²) < 4.78 is 11.9. The second-order valence-electron chi connectivity index (χ2n) is 8.26. The Kier molecular flexibility index (Phi) is 9.86. The van der Waals surface area contributed by atoms with Gasteiger partial charge in [-0.1, -0.05) is 41.0 Å². The summed E-state index contributed by atoms with van der Waals surface area (Å²) in [6.45, 7) is 15.9. The Morgan fingerprint density at radius 1 is 1.11 bits per heavy atom. The fourth-order valence-electron chi connectivity index (χ4n) is 3.51. The zero-order valence-electron chi connectivity index (χ0n) is 18.4. The molecule has 0 heterocycles. The summed E-state index contributed by atoms with van der Waals surface area (Å²) in [7, 11) is 0. The zero-order chi connectivity index (χ0) is 20.4. The predicted molar refractivity (Wildman–Crippen MR) is 113 cm³/mol. The minimum atomic E-state index is -0.790. The number of nitrogens with one attached hydrogen (secondary N) is 1. The number of hydrogen-bond donors (Lipinski definition) is 1. The predicted octanol–water partition coefficient (Wildman–Crippen LogP) is 5.98. The van der Waals surface area contributed by atoms with Gasteiger partial charge < -0.3 is 14.8 Å². The molecular weight excluding hydrogens is 338 g/mol. The summed E-state index contributed by atoms with van der Waals surface area (Å²) in [6, 6.07) is 5.82. The summed E-state index contributed by atoms with van der Waals surface area (Å²) >= 11 is 0. The number of rotatable bonds is 12. The summed E-state index contributed by atoms with van der Waals surface area (Å²) in [5, 5.41) is 3.09. The smallest absolute Gasteiger partial charge is 0.256 e. The number of carbonyl (C=O) groups is 1. The molecule has 0 spiro atoms. The van der Waals surface area contributed by atoms with Crippen molar-refractivity contribution in [2.75, 3.05) is 18.5 Å². The second-order valence-corrected chi connectivity index (χ2v) is 8.26. The van der Waals surface area contributed by atoms with E-state index in [1.807, 2.05) is 32.0 Å². The molecule has 1 aromatic carbocycles. The lowest BCUT2D eigenvalue weighted by Gasteiger charge is -2.35. The Morgan fingerprint density at radius 3 is 2.22 bits per heavy atom. The van der Waals surface area contributed by atoms with Crippen LogP contribution in [0.2, 0.25) is 0 Å². The Labute approximate surface area is 166 Å². The van der Waals surface area contributed by atoms with E-state index in [4.69, 9.17) is 9.47 Å². The van der Waals surface area contributed by atoms with E-state index in [0.717, 1.165) is 36.4 Å². The number of anilines is 1. The molecule has 4 heteroatoms. The molecule has 0 fully saturated rings. The first-order valence-corrected chi connectivity index (χ1v) is 10.4. The molecule has 27 heavy (non-hydrogen) atoms. The first-order chi connectivity index (χ1) is 12.7. The molecule has 0 aromatic heterocycles. The molecule has 0 saturated carbocycles. The van der Waals surface area contributed by atoms with Gasteiger partial charge in [-0.05, 0) is 68.7 Å². The van der Waals surface area contributed by atoms with Crippen molar-refractivity contribution in [3.05, 3.63) is 23.8 Å². The van der Waals surface area contributed by atoms with Gasteiger partial charge >= 0.3 is 0 Å². The van der Waals surface area contributed by atoms with Crippen LogP contribution in [-0.2, 0) is 9.53 Å². The third kappa shape index (κ3) is 7.53. The van der Waals surface area contributed by atoms with E-state index in [1.54, 1.807) is 0 Å². The van der Waals surface area contributed by atoms with Crippen LogP contribution in [0.4, 0.5) is 5.69 Å². The first-order valence-electron chi connectivity index (χ1n) is 10.4. The highest BCUT2D eigenvalue weighted by Crippen LogP contribution is 2.31. The van der Waals surface area contributed by atoms with Gasteiger partial charge in [-0.2, -0.15) is 0 Å². The molecule has 1 N–H and O–H groups in total. The number of benzene rings is 1. The van der Waals surface area contributed by atoms with Crippen LogP contribution < -0.4 is 10.1 Å². The van der Waals surface area contributed by atoms with Crippen molar-refractivity contribution in [1.29, 1.82) is 0 Å². The van der Waals surface area contributed by atoms with Gasteiger partial charge in [0.1, 0.15) is 11.4 Å². The molecule has 0 saturated heterocycles. The minimum Gasteiger partial charge on any atom is -0.493 e. The molecule has 0 unspecified atom stereocenters. The number of amides is 1. The van der Waals surface area contributed by atoms with Gasteiger partial charge in [-0.25, -0.2) is 0 Å². The second kappa shape index (κ2) is 11.3. The maximum atomic E-state index is 13.2. The lowest BCUT2D eigenvalue weighted by atomic mass is 9.83. The summed E-state index contributed by atoms with van der Waals surface area (Å²) in [5.74, 6) is 1.57. The number of ether oxygens (including phenoxy) is 2. The topological polar surface area (TPSA) is 47.6 Å². The van der Waals surface area contributed by atoms with Crippen LogP contribution in [0.15, 0.2) is 18.2 Å². The normalized spacial score (nSPS) is 11.9. The molecule has 154 valence electrons. The fourth-order valence-corrected chi connectivity index (χ4v) is 3.51. The van der Waals surface area contributed by atoms with Gasteiger partial charge in [0, 0.05) is 12.3 Å². The molecule has 0 bridgehead atoms. The minimum absolute atomic E-state index is 0.0502. The number of carbonyl (C=O) groups excluding carboxylic acids is 1. The monoisotopic (exact) mass is 377 g/mol. The highest BCUT2D eigenvalue weighted by atomic mass is 16.5. The van der Waals surface area contributed by atoms with Gasteiger partial charge in [-0.15, -0.1) is 0 Å². The average molecular weight is 378 g/mol. The Balaban J connectivity index is 2.97. The van der Waals surface area contributed by atoms with E-state index >= 15 is 0 Å². The van der Waals surface area contributed by atoms with E-state index in [0.29, 0.717) is 31.3 Å². The molecule has 1 aromatic rings. The van der Waals surface area contributed by atoms with Gasteiger partial charge in [0.15, 0.2) is 0 Å². The van der Waals surface area contributed by atoms with Crippen LogP contribution in [-0.4, -0.2) is 24.7 Å². The lowest BCUT2D eigenvalue weighted by molar-refractivity contribution is -0.146. The van der Waals surface area contributed by atoms with E-state index in [-0.39, 0.29) is 5.91 Å². The van der Waals surface area contributed by atoms with Crippen LogP contribution in [0, 0.1) is 18.8 Å². The molecule has 1 rings (SSSR count). The highest BCUT2D eigenvalue weighted by Gasteiger charge is 2.40. The Bertz CT molecular complexity index is 571. The largest absolute Gasteiger partial charge is 0.493 e. The average Bonchev–Trinajstić information content (AvgIpc) is 2.56. The highest BCUT2D eigenvalue weighted by molar-refractivity contribution is 5.97. The third-order valence-corrected chi connectivity index (χ3v) is 4.50. The number of aryl methyl sites for hydroxylation is 1. The maximum Gasteiger partial charge on any atom is 0.256 e. The van der Waals surface area contributed by atoms with Crippen molar-refractivity contribution < 1.29 is 14.3 Å². The Morgan fingerprint density at radius 2 is 1.74 bits per heavy atom. The number of hydrogen-bond acceptors (Lipinski definition) is 3. The Hall–Kier alpha value is -1.55. The van der Waals surface area contributed by atoms with Gasteiger partial charge in [0.25, 0.3) is 5.91 Å². The maximum absolute atomic E-state index is 13.2. The van der Waals surface area contributed by atoms with Crippen LogP contribution in [0.5, 0.6) is 5.75 Å². The quantitative estimate of drug-likeness (QED) is 0.456. The molecule has 0 radical (unpaired) electrons. The molecule has 1 amide bonds. The van der Waals surface area contributed by atoms with Crippen LogP contribution in [0.1, 0.15) is 72.8 Å². The molecule has 0 aliphatic carbocycles. The van der Waals surface area contributed by atoms with Crippen molar-refractivity contribution in [3.8, 4) is 5.75 Å². The van der Waals surface area contributed by atoms with Crippen LogP contribution >= 0.6 is 0 Å².